The van der Waals surface area contributed by atoms with Gasteiger partial charge in [-0.05, 0) is 23.1 Å². The van der Waals surface area contributed by atoms with Crippen LogP contribution in [0.1, 0.15) is 26.3 Å². The van der Waals surface area contributed by atoms with Crippen LogP contribution in [0.4, 0.5) is 4.39 Å². The minimum Gasteiger partial charge on any atom is -0.207 e. The van der Waals surface area contributed by atoms with Crippen LogP contribution in [-0.2, 0) is 15.9 Å². The van der Waals surface area contributed by atoms with Crippen molar-refractivity contribution in [2.24, 2.45) is 5.41 Å². The van der Waals surface area contributed by atoms with Crippen LogP contribution < -0.4 is 0 Å². The summed E-state index contributed by atoms with van der Waals surface area (Å²) in [4.78, 5) is -0.0609. The third kappa shape index (κ3) is 4.16. The molecule has 0 spiro atoms. The van der Waals surface area contributed by atoms with Crippen LogP contribution in [0.3, 0.4) is 0 Å². The lowest BCUT2D eigenvalue weighted by molar-refractivity contribution is 0.310. The number of nitrogens with zero attached hydrogens (tertiary/aromatic N) is 1. The Morgan fingerprint density at radius 3 is 2.37 bits per heavy atom. The highest BCUT2D eigenvalue weighted by Crippen LogP contribution is 2.25. The molecule has 0 fully saturated rings. The third-order valence-electron chi connectivity index (χ3n) is 2.56. The fourth-order valence-electron chi connectivity index (χ4n) is 1.80. The van der Waals surface area contributed by atoms with Crippen LogP contribution in [0.15, 0.2) is 23.1 Å². The van der Waals surface area contributed by atoms with Crippen LogP contribution in [0.25, 0.3) is 0 Å². The Kier molecular flexibility index (Phi) is 4.98. The van der Waals surface area contributed by atoms with Gasteiger partial charge in [0, 0.05) is 19.5 Å². The van der Waals surface area contributed by atoms with Crippen LogP contribution in [0, 0.1) is 11.2 Å². The van der Waals surface area contributed by atoms with Crippen molar-refractivity contribution in [3.8, 4) is 0 Å². The number of halogens is 2. The van der Waals surface area contributed by atoms with Gasteiger partial charge in [-0.2, -0.15) is 0 Å². The highest BCUT2D eigenvalue weighted by Gasteiger charge is 2.27. The molecule has 3 nitrogen and oxygen atoms in total. The van der Waals surface area contributed by atoms with E-state index in [1.807, 2.05) is 20.8 Å². The van der Waals surface area contributed by atoms with Gasteiger partial charge in [0.2, 0.25) is 10.0 Å². The van der Waals surface area contributed by atoms with E-state index in [0.29, 0.717) is 12.1 Å². The Balaban J connectivity index is 3.23. The normalized spacial score (nSPS) is 13.0. The topological polar surface area (TPSA) is 37.4 Å². The first-order chi connectivity index (χ1) is 8.58. The average molecular weight is 308 g/mol. The van der Waals surface area contributed by atoms with Crippen molar-refractivity contribution in [1.29, 1.82) is 0 Å². The van der Waals surface area contributed by atoms with E-state index in [-0.39, 0.29) is 16.2 Å². The van der Waals surface area contributed by atoms with Crippen LogP contribution >= 0.6 is 11.6 Å². The molecule has 108 valence electrons. The highest BCUT2D eigenvalue weighted by atomic mass is 35.5. The van der Waals surface area contributed by atoms with Gasteiger partial charge in [0.05, 0.1) is 4.90 Å². The predicted octanol–water partition coefficient (Wildman–Crippen LogP) is 3.23. The van der Waals surface area contributed by atoms with Gasteiger partial charge in [-0.3, -0.25) is 0 Å². The van der Waals surface area contributed by atoms with Gasteiger partial charge in [0.25, 0.3) is 0 Å². The average Bonchev–Trinajstić information content (AvgIpc) is 2.26. The van der Waals surface area contributed by atoms with Crippen molar-refractivity contribution in [2.75, 3.05) is 13.6 Å². The second-order valence-corrected chi connectivity index (χ2v) is 7.99. The Morgan fingerprint density at radius 1 is 1.32 bits per heavy atom. The first-order valence-corrected chi connectivity index (χ1v) is 7.86. The molecule has 0 N–H and O–H groups in total. The molecule has 0 saturated heterocycles. The third-order valence-corrected chi connectivity index (χ3v) is 4.73. The van der Waals surface area contributed by atoms with Gasteiger partial charge in [0.15, 0.2) is 0 Å². The molecule has 1 aromatic carbocycles. The lowest BCUT2D eigenvalue weighted by atomic mass is 9.97. The van der Waals surface area contributed by atoms with E-state index in [1.165, 1.54) is 23.5 Å². The van der Waals surface area contributed by atoms with Crippen molar-refractivity contribution in [3.05, 3.63) is 29.6 Å². The molecule has 6 heteroatoms. The molecule has 0 radical (unpaired) electrons. The van der Waals surface area contributed by atoms with Gasteiger partial charge < -0.3 is 0 Å². The molecule has 0 aliphatic heterocycles. The summed E-state index contributed by atoms with van der Waals surface area (Å²) in [6, 6.07) is 3.63. The second-order valence-electron chi connectivity index (χ2n) is 5.71. The molecule has 0 aliphatic carbocycles. The Hall–Kier alpha value is -0.650. The zero-order valence-corrected chi connectivity index (χ0v) is 13.1. The molecule has 1 rings (SSSR count). The summed E-state index contributed by atoms with van der Waals surface area (Å²) in [5.74, 6) is -0.560. The first-order valence-electron chi connectivity index (χ1n) is 5.88. The van der Waals surface area contributed by atoms with E-state index in [4.69, 9.17) is 11.6 Å². The molecule has 1 aromatic rings. The Morgan fingerprint density at radius 2 is 1.89 bits per heavy atom. The quantitative estimate of drug-likeness (QED) is 0.801. The Bertz CT molecular complexity index is 552. The van der Waals surface area contributed by atoms with Crippen molar-refractivity contribution in [3.63, 3.8) is 0 Å². The van der Waals surface area contributed by atoms with Gasteiger partial charge in [-0.1, -0.05) is 26.8 Å². The minimum atomic E-state index is -3.73. The second kappa shape index (κ2) is 5.77. The largest absolute Gasteiger partial charge is 0.243 e. The molecule has 0 heterocycles. The van der Waals surface area contributed by atoms with E-state index in [2.05, 4.69) is 0 Å². The summed E-state index contributed by atoms with van der Waals surface area (Å²) in [5, 5.41) is 0. The molecule has 0 aliphatic rings. The smallest absolute Gasteiger partial charge is 0.207 e. The molecule has 19 heavy (non-hydrogen) atoms. The SMILES string of the molecule is CN(CC(C)(C)C)S(=O)(=O)c1cc(F)ccc1CCl. The Labute approximate surface area is 119 Å². The molecule has 0 saturated carbocycles. The summed E-state index contributed by atoms with van der Waals surface area (Å²) in [6.07, 6.45) is 0. The first kappa shape index (κ1) is 16.4. The van der Waals surface area contributed by atoms with Crippen molar-refractivity contribution in [2.45, 2.75) is 31.5 Å². The summed E-state index contributed by atoms with van der Waals surface area (Å²) in [6.45, 7) is 6.15. The summed E-state index contributed by atoms with van der Waals surface area (Å²) in [7, 11) is -2.24. The van der Waals surface area contributed by atoms with Crippen molar-refractivity contribution < 1.29 is 12.8 Å². The number of sulfonamides is 1. The van der Waals surface area contributed by atoms with Gasteiger partial charge >= 0.3 is 0 Å². The summed E-state index contributed by atoms with van der Waals surface area (Å²) >= 11 is 5.72. The summed E-state index contributed by atoms with van der Waals surface area (Å²) in [5.41, 5.74) is 0.222. The molecule has 0 bridgehead atoms. The van der Waals surface area contributed by atoms with Gasteiger partial charge in [-0.15, -0.1) is 11.6 Å². The molecular formula is C13H19ClFNO2S. The van der Waals surface area contributed by atoms with Gasteiger partial charge in [0.1, 0.15) is 5.82 Å². The van der Waals surface area contributed by atoms with E-state index < -0.39 is 15.8 Å². The van der Waals surface area contributed by atoms with E-state index in [0.717, 1.165) is 6.07 Å². The zero-order chi connectivity index (χ0) is 14.8. The maximum atomic E-state index is 13.3. The fourth-order valence-corrected chi connectivity index (χ4v) is 3.74. The zero-order valence-electron chi connectivity index (χ0n) is 11.6. The summed E-state index contributed by atoms with van der Waals surface area (Å²) < 4.78 is 39.4. The van der Waals surface area contributed by atoms with Gasteiger partial charge in [-0.25, -0.2) is 17.1 Å². The molecule has 0 amide bonds. The van der Waals surface area contributed by atoms with Crippen LogP contribution in [0.5, 0.6) is 0 Å². The van der Waals surface area contributed by atoms with Crippen molar-refractivity contribution in [1.82, 2.24) is 4.31 Å². The number of rotatable bonds is 4. The van der Waals surface area contributed by atoms with E-state index in [9.17, 15) is 12.8 Å². The van der Waals surface area contributed by atoms with E-state index in [1.54, 1.807) is 0 Å². The van der Waals surface area contributed by atoms with Crippen LogP contribution in [0.2, 0.25) is 0 Å². The maximum absolute atomic E-state index is 13.3. The number of benzene rings is 1. The lowest BCUT2D eigenvalue weighted by Crippen LogP contribution is -2.35. The predicted molar refractivity (Wildman–Crippen MR) is 75.2 cm³/mol. The monoisotopic (exact) mass is 307 g/mol. The molecule has 0 unspecified atom stereocenters. The highest BCUT2D eigenvalue weighted by molar-refractivity contribution is 7.89. The number of alkyl halides is 1. The molecule has 0 atom stereocenters. The maximum Gasteiger partial charge on any atom is 0.243 e. The molecule has 0 aromatic heterocycles. The minimum absolute atomic E-state index is 0.0260. The lowest BCUT2D eigenvalue weighted by Gasteiger charge is -2.26. The number of hydrogen-bond acceptors (Lipinski definition) is 2. The molecular weight excluding hydrogens is 289 g/mol. The van der Waals surface area contributed by atoms with E-state index >= 15 is 0 Å². The fraction of sp³-hybridized carbons (Fsp3) is 0.538. The standard InChI is InChI=1S/C13H19ClFNO2S/c1-13(2,3)9-16(4)19(17,18)12-7-11(15)6-5-10(12)8-14/h5-7H,8-9H2,1-4H3. The van der Waals surface area contributed by atoms with Crippen LogP contribution in [-0.4, -0.2) is 26.3 Å². The number of hydrogen-bond donors (Lipinski definition) is 0. The van der Waals surface area contributed by atoms with Crippen molar-refractivity contribution >= 4 is 21.6 Å².